The maximum Gasteiger partial charge on any atom is 0.324 e. The standard InChI is InChI=1S/C12H20N3O2/c1-9-5-3-4-6-15(9)10(2)7-14-8-11(16)13-12(14)17/h8-10H,3-7H2,1-2H3,(H,13,16,17). The molecule has 95 valence electrons. The summed E-state index contributed by atoms with van der Waals surface area (Å²) >= 11 is 0. The highest BCUT2D eigenvalue weighted by atomic mass is 16.2. The van der Waals surface area contributed by atoms with Gasteiger partial charge < -0.3 is 4.90 Å². The van der Waals surface area contributed by atoms with Gasteiger partial charge in [-0.25, -0.2) is 4.79 Å². The molecule has 2 atom stereocenters. The molecule has 0 spiro atoms. The van der Waals surface area contributed by atoms with Crippen LogP contribution in [-0.2, 0) is 4.79 Å². The van der Waals surface area contributed by atoms with Gasteiger partial charge in [-0.15, -0.1) is 0 Å². The molecule has 2 rings (SSSR count). The van der Waals surface area contributed by atoms with Crippen molar-refractivity contribution >= 4 is 11.9 Å². The zero-order valence-corrected chi connectivity index (χ0v) is 10.5. The smallest absolute Gasteiger partial charge is 0.308 e. The van der Waals surface area contributed by atoms with E-state index in [2.05, 4.69) is 24.1 Å². The maximum atomic E-state index is 11.4. The summed E-state index contributed by atoms with van der Waals surface area (Å²) in [4.78, 5) is 26.4. The largest absolute Gasteiger partial charge is 0.324 e. The van der Waals surface area contributed by atoms with Crippen molar-refractivity contribution in [2.45, 2.75) is 45.2 Å². The van der Waals surface area contributed by atoms with Crippen molar-refractivity contribution in [2.75, 3.05) is 13.1 Å². The third-order valence-corrected chi connectivity index (χ3v) is 3.65. The SMILES string of the molecule is CC1CCCCN1C(C)CN1[CH]C(=O)NC1=O. The van der Waals surface area contributed by atoms with Gasteiger partial charge in [0, 0.05) is 18.6 Å². The highest BCUT2D eigenvalue weighted by Crippen LogP contribution is 2.20. The number of hydrogen-bond acceptors (Lipinski definition) is 3. The van der Waals surface area contributed by atoms with Gasteiger partial charge in [-0.3, -0.25) is 15.0 Å². The van der Waals surface area contributed by atoms with E-state index in [-0.39, 0.29) is 18.0 Å². The molecule has 0 aliphatic carbocycles. The van der Waals surface area contributed by atoms with Crippen molar-refractivity contribution in [3.63, 3.8) is 0 Å². The van der Waals surface area contributed by atoms with Crippen LogP contribution in [0.15, 0.2) is 0 Å². The summed E-state index contributed by atoms with van der Waals surface area (Å²) in [7, 11) is 0. The lowest BCUT2D eigenvalue weighted by atomic mass is 10.0. The zero-order chi connectivity index (χ0) is 12.4. The number of rotatable bonds is 3. The molecule has 2 fully saturated rings. The lowest BCUT2D eigenvalue weighted by Crippen LogP contribution is -2.48. The Hall–Kier alpha value is -1.10. The summed E-state index contributed by atoms with van der Waals surface area (Å²) in [6.07, 6.45) is 3.74. The zero-order valence-electron chi connectivity index (χ0n) is 10.5. The number of nitrogens with one attached hydrogen (secondary N) is 1. The van der Waals surface area contributed by atoms with Gasteiger partial charge in [0.1, 0.15) is 6.54 Å². The fraction of sp³-hybridized carbons (Fsp3) is 0.750. The second-order valence-corrected chi connectivity index (χ2v) is 5.01. The van der Waals surface area contributed by atoms with Crippen molar-refractivity contribution < 1.29 is 9.59 Å². The molecule has 3 amide bonds. The first-order valence-electron chi connectivity index (χ1n) is 6.30. The van der Waals surface area contributed by atoms with Crippen molar-refractivity contribution in [3.05, 3.63) is 6.54 Å². The van der Waals surface area contributed by atoms with Gasteiger partial charge in [0.25, 0.3) is 5.91 Å². The molecule has 2 heterocycles. The summed E-state index contributed by atoms with van der Waals surface area (Å²) in [6, 6.07) is 0.560. The van der Waals surface area contributed by atoms with E-state index >= 15 is 0 Å². The fourth-order valence-electron chi connectivity index (χ4n) is 2.71. The van der Waals surface area contributed by atoms with E-state index in [9.17, 15) is 9.59 Å². The Morgan fingerprint density at radius 1 is 1.47 bits per heavy atom. The Labute approximate surface area is 102 Å². The molecule has 0 bridgehead atoms. The molecule has 2 unspecified atom stereocenters. The van der Waals surface area contributed by atoms with E-state index in [0.29, 0.717) is 12.6 Å². The van der Waals surface area contributed by atoms with Crippen molar-refractivity contribution in [2.24, 2.45) is 0 Å². The normalized spacial score (nSPS) is 28.4. The molecule has 0 saturated carbocycles. The molecule has 5 heteroatoms. The highest BCUT2D eigenvalue weighted by Gasteiger charge is 2.31. The minimum absolute atomic E-state index is 0.290. The third-order valence-electron chi connectivity index (χ3n) is 3.65. The first kappa shape index (κ1) is 12.4. The summed E-state index contributed by atoms with van der Waals surface area (Å²) in [6.45, 7) is 7.38. The van der Waals surface area contributed by atoms with E-state index in [1.807, 2.05) is 0 Å². The van der Waals surface area contributed by atoms with Crippen molar-refractivity contribution in [1.29, 1.82) is 0 Å². The average molecular weight is 238 g/mol. The predicted octanol–water partition coefficient (Wildman–Crippen LogP) is 0.963. The Morgan fingerprint density at radius 2 is 2.24 bits per heavy atom. The molecule has 1 radical (unpaired) electrons. The number of imide groups is 1. The van der Waals surface area contributed by atoms with Crippen LogP contribution in [0.2, 0.25) is 0 Å². The lowest BCUT2D eigenvalue weighted by molar-refractivity contribution is -0.116. The Balaban J connectivity index is 1.89. The Kier molecular flexibility index (Phi) is 3.66. The lowest BCUT2D eigenvalue weighted by Gasteiger charge is -2.39. The average Bonchev–Trinajstić information content (AvgIpc) is 2.58. The molecule has 5 nitrogen and oxygen atoms in total. The molecule has 17 heavy (non-hydrogen) atoms. The van der Waals surface area contributed by atoms with E-state index in [4.69, 9.17) is 0 Å². The second kappa shape index (κ2) is 5.04. The minimum Gasteiger partial charge on any atom is -0.308 e. The number of urea groups is 1. The van der Waals surface area contributed by atoms with E-state index in [1.165, 1.54) is 30.7 Å². The monoisotopic (exact) mass is 238 g/mol. The molecule has 0 aromatic rings. The molecule has 2 aliphatic heterocycles. The second-order valence-electron chi connectivity index (χ2n) is 5.01. The summed E-state index contributed by atoms with van der Waals surface area (Å²) in [5.74, 6) is -0.311. The quantitative estimate of drug-likeness (QED) is 0.745. The van der Waals surface area contributed by atoms with Gasteiger partial charge in [-0.1, -0.05) is 6.42 Å². The summed E-state index contributed by atoms with van der Waals surface area (Å²) in [5, 5.41) is 2.26. The van der Waals surface area contributed by atoms with E-state index in [1.54, 1.807) is 0 Å². The number of likely N-dealkylation sites (tertiary alicyclic amines) is 1. The molecular weight excluding hydrogens is 218 g/mol. The van der Waals surface area contributed by atoms with Crippen LogP contribution in [0.5, 0.6) is 0 Å². The first-order valence-corrected chi connectivity index (χ1v) is 6.30. The predicted molar refractivity (Wildman–Crippen MR) is 64.0 cm³/mol. The van der Waals surface area contributed by atoms with Crippen LogP contribution in [0.3, 0.4) is 0 Å². The maximum absolute atomic E-state index is 11.4. The number of amides is 3. The molecule has 0 aromatic carbocycles. The molecule has 0 aromatic heterocycles. The number of hydrogen-bond donors (Lipinski definition) is 1. The Morgan fingerprint density at radius 3 is 2.82 bits per heavy atom. The van der Waals surface area contributed by atoms with Gasteiger partial charge in [-0.2, -0.15) is 0 Å². The third kappa shape index (κ3) is 2.77. The van der Waals surface area contributed by atoms with Crippen molar-refractivity contribution in [1.82, 2.24) is 15.1 Å². The van der Waals surface area contributed by atoms with Gasteiger partial charge in [-0.05, 0) is 33.2 Å². The summed E-state index contributed by atoms with van der Waals surface area (Å²) in [5.41, 5.74) is 0. The van der Waals surface area contributed by atoms with Crippen LogP contribution in [0.25, 0.3) is 0 Å². The number of nitrogens with zero attached hydrogens (tertiary/aromatic N) is 2. The molecule has 2 aliphatic rings. The topological polar surface area (TPSA) is 52.6 Å². The minimum atomic E-state index is -0.311. The van der Waals surface area contributed by atoms with Crippen LogP contribution >= 0.6 is 0 Å². The van der Waals surface area contributed by atoms with Crippen LogP contribution in [-0.4, -0.2) is 46.9 Å². The molecule has 1 N–H and O–H groups in total. The number of carbonyl (C=O) groups excluding carboxylic acids is 2. The van der Waals surface area contributed by atoms with Crippen LogP contribution in [0.1, 0.15) is 33.1 Å². The van der Waals surface area contributed by atoms with Gasteiger partial charge in [0.2, 0.25) is 0 Å². The molecular formula is C12H20N3O2. The first-order chi connectivity index (χ1) is 8.08. The van der Waals surface area contributed by atoms with Gasteiger partial charge >= 0.3 is 6.03 Å². The number of carbonyl (C=O) groups is 2. The van der Waals surface area contributed by atoms with Gasteiger partial charge in [0.05, 0.1) is 0 Å². The fourth-order valence-corrected chi connectivity index (χ4v) is 2.71. The molecule has 2 saturated heterocycles. The summed E-state index contributed by atoms with van der Waals surface area (Å²) < 4.78 is 0. The van der Waals surface area contributed by atoms with Crippen LogP contribution in [0.4, 0.5) is 4.79 Å². The van der Waals surface area contributed by atoms with Crippen LogP contribution in [0, 0.1) is 6.54 Å². The van der Waals surface area contributed by atoms with Crippen LogP contribution < -0.4 is 5.32 Å². The Bertz CT molecular complexity index is 319. The van der Waals surface area contributed by atoms with Gasteiger partial charge in [0.15, 0.2) is 0 Å². The van der Waals surface area contributed by atoms with E-state index in [0.717, 1.165) is 6.54 Å². The highest BCUT2D eigenvalue weighted by molar-refractivity contribution is 6.05. The van der Waals surface area contributed by atoms with E-state index < -0.39 is 0 Å². The van der Waals surface area contributed by atoms with Crippen molar-refractivity contribution in [3.8, 4) is 0 Å². The number of piperidine rings is 1.